The number of piperazine rings is 1. The highest BCUT2D eigenvalue weighted by atomic mass is 19.1. The number of hydrogen-bond donors (Lipinski definition) is 1. The van der Waals surface area contributed by atoms with Gasteiger partial charge in [-0.2, -0.15) is 0 Å². The van der Waals surface area contributed by atoms with Crippen molar-refractivity contribution in [2.45, 2.75) is 31.8 Å². The molecule has 3 saturated heterocycles. The molecule has 0 aromatic heterocycles. The first-order chi connectivity index (χ1) is 13.5. The minimum Gasteiger partial charge on any atom is -0.465 e. The van der Waals surface area contributed by atoms with Crippen LogP contribution in [0.5, 0.6) is 0 Å². The monoisotopic (exact) mass is 391 g/mol. The molecule has 3 aliphatic heterocycles. The van der Waals surface area contributed by atoms with Gasteiger partial charge in [-0.3, -0.25) is 4.90 Å². The highest BCUT2D eigenvalue weighted by molar-refractivity contribution is 5.65. The van der Waals surface area contributed by atoms with E-state index in [4.69, 9.17) is 9.84 Å². The Morgan fingerprint density at radius 1 is 1.11 bits per heavy atom. The van der Waals surface area contributed by atoms with Crippen molar-refractivity contribution in [2.24, 2.45) is 5.41 Å². The maximum absolute atomic E-state index is 13.1. The van der Waals surface area contributed by atoms with E-state index in [1.807, 2.05) is 12.1 Å². The average molecular weight is 391 g/mol. The normalized spacial score (nSPS) is 25.4. The Hall–Kier alpha value is -1.86. The Morgan fingerprint density at radius 3 is 2.43 bits per heavy atom. The van der Waals surface area contributed by atoms with Crippen LogP contribution in [-0.2, 0) is 4.74 Å². The van der Waals surface area contributed by atoms with Crippen LogP contribution in [0.15, 0.2) is 24.3 Å². The van der Waals surface area contributed by atoms with Crippen LogP contribution in [0, 0.1) is 11.2 Å². The molecule has 7 heteroatoms. The number of likely N-dealkylation sites (tertiary alicyclic amines) is 1. The first-order valence-corrected chi connectivity index (χ1v) is 10.4. The maximum atomic E-state index is 13.1. The third-order valence-corrected chi connectivity index (χ3v) is 6.71. The number of carboxylic acid groups (broad SMARTS) is 1. The summed E-state index contributed by atoms with van der Waals surface area (Å²) in [5.41, 5.74) is 1.28. The molecule has 154 valence electrons. The van der Waals surface area contributed by atoms with Crippen molar-refractivity contribution in [2.75, 3.05) is 57.3 Å². The van der Waals surface area contributed by atoms with E-state index in [9.17, 15) is 9.18 Å². The van der Waals surface area contributed by atoms with Gasteiger partial charge in [-0.25, -0.2) is 9.18 Å². The lowest BCUT2D eigenvalue weighted by atomic mass is 9.76. The minimum absolute atomic E-state index is 0.189. The SMILES string of the molecule is O=C(O)N1CCC2(CC1)CO[C@@H](CCN1CCN(c3ccc(F)cc3)CC1)C2. The van der Waals surface area contributed by atoms with Gasteiger partial charge in [-0.05, 0) is 55.4 Å². The Labute approximate surface area is 165 Å². The van der Waals surface area contributed by atoms with E-state index in [0.717, 1.165) is 70.7 Å². The topological polar surface area (TPSA) is 56.2 Å². The third-order valence-electron chi connectivity index (χ3n) is 6.71. The van der Waals surface area contributed by atoms with Crippen molar-refractivity contribution in [3.63, 3.8) is 0 Å². The van der Waals surface area contributed by atoms with Crippen LogP contribution in [-0.4, -0.2) is 79.5 Å². The van der Waals surface area contributed by atoms with Gasteiger partial charge >= 0.3 is 6.09 Å². The van der Waals surface area contributed by atoms with Crippen LogP contribution in [0.4, 0.5) is 14.9 Å². The first kappa shape index (κ1) is 19.5. The van der Waals surface area contributed by atoms with Crippen LogP contribution in [0.3, 0.4) is 0 Å². The van der Waals surface area contributed by atoms with E-state index in [-0.39, 0.29) is 11.2 Å². The molecule has 1 atom stereocenters. The third kappa shape index (κ3) is 4.41. The predicted octanol–water partition coefficient (Wildman–Crippen LogP) is 2.89. The quantitative estimate of drug-likeness (QED) is 0.855. The predicted molar refractivity (Wildman–Crippen MR) is 105 cm³/mol. The Kier molecular flexibility index (Phi) is 5.73. The molecular weight excluding hydrogens is 361 g/mol. The first-order valence-electron chi connectivity index (χ1n) is 10.4. The van der Waals surface area contributed by atoms with Crippen molar-refractivity contribution >= 4 is 11.8 Å². The lowest BCUT2D eigenvalue weighted by molar-refractivity contribution is 0.0581. The molecule has 1 N–H and O–H groups in total. The molecule has 6 nitrogen and oxygen atoms in total. The van der Waals surface area contributed by atoms with E-state index in [1.165, 1.54) is 17.0 Å². The summed E-state index contributed by atoms with van der Waals surface area (Å²) in [6, 6.07) is 6.75. The second-order valence-corrected chi connectivity index (χ2v) is 8.50. The van der Waals surface area contributed by atoms with Crippen LogP contribution in [0.1, 0.15) is 25.7 Å². The van der Waals surface area contributed by atoms with E-state index >= 15 is 0 Å². The number of rotatable bonds is 4. The summed E-state index contributed by atoms with van der Waals surface area (Å²) in [5, 5.41) is 9.12. The Balaban J connectivity index is 1.18. The summed E-state index contributed by atoms with van der Waals surface area (Å²) < 4.78 is 19.2. The zero-order valence-corrected chi connectivity index (χ0v) is 16.4. The second kappa shape index (κ2) is 8.25. The van der Waals surface area contributed by atoms with E-state index in [2.05, 4.69) is 9.80 Å². The molecule has 0 saturated carbocycles. The van der Waals surface area contributed by atoms with Crippen LogP contribution in [0.2, 0.25) is 0 Å². The van der Waals surface area contributed by atoms with Crippen LogP contribution in [0.25, 0.3) is 0 Å². The summed E-state index contributed by atoms with van der Waals surface area (Å²) in [7, 11) is 0. The highest BCUT2D eigenvalue weighted by Gasteiger charge is 2.43. The number of hydrogen-bond acceptors (Lipinski definition) is 4. The number of halogens is 1. The van der Waals surface area contributed by atoms with E-state index < -0.39 is 6.09 Å². The fourth-order valence-electron chi connectivity index (χ4n) is 4.81. The number of ether oxygens (including phenoxy) is 1. The average Bonchev–Trinajstić information content (AvgIpc) is 3.10. The van der Waals surface area contributed by atoms with Crippen LogP contribution < -0.4 is 4.90 Å². The molecule has 0 aliphatic carbocycles. The Bertz CT molecular complexity index is 668. The van der Waals surface area contributed by atoms with Crippen molar-refractivity contribution in [1.82, 2.24) is 9.80 Å². The standard InChI is InChI=1S/C21H30FN3O3/c22-17-1-3-18(4-2-17)24-13-11-23(12-14-24)8-5-19-15-21(16-28-19)6-9-25(10-7-21)20(26)27/h1-4,19H,5-16H2,(H,26,27)/t19-/m0/s1. The largest absolute Gasteiger partial charge is 0.465 e. The number of anilines is 1. The van der Waals surface area contributed by atoms with Gasteiger partial charge in [0, 0.05) is 51.5 Å². The van der Waals surface area contributed by atoms with Gasteiger partial charge in [0.05, 0.1) is 12.7 Å². The summed E-state index contributed by atoms with van der Waals surface area (Å²) in [6.07, 6.45) is 3.45. The lowest BCUT2D eigenvalue weighted by Gasteiger charge is -2.37. The van der Waals surface area contributed by atoms with Gasteiger partial charge in [-0.15, -0.1) is 0 Å². The summed E-state index contributed by atoms with van der Waals surface area (Å²) >= 11 is 0. The molecule has 0 unspecified atom stereocenters. The molecule has 0 bridgehead atoms. The number of nitrogens with zero attached hydrogens (tertiary/aromatic N) is 3. The summed E-state index contributed by atoms with van der Waals surface area (Å²) in [4.78, 5) is 17.4. The van der Waals surface area contributed by atoms with Gasteiger partial charge in [-0.1, -0.05) is 0 Å². The van der Waals surface area contributed by atoms with Crippen molar-refractivity contribution in [1.29, 1.82) is 0 Å². The lowest BCUT2D eigenvalue weighted by Crippen LogP contribution is -2.47. The molecule has 3 fully saturated rings. The van der Waals surface area contributed by atoms with Crippen LogP contribution >= 0.6 is 0 Å². The molecule has 1 amide bonds. The zero-order chi connectivity index (χ0) is 19.6. The molecule has 1 aromatic rings. The summed E-state index contributed by atoms with van der Waals surface area (Å²) in [5.74, 6) is -0.189. The smallest absolute Gasteiger partial charge is 0.407 e. The maximum Gasteiger partial charge on any atom is 0.407 e. The van der Waals surface area contributed by atoms with E-state index in [0.29, 0.717) is 19.2 Å². The number of carbonyl (C=O) groups is 1. The molecule has 1 spiro atoms. The molecule has 4 rings (SSSR count). The zero-order valence-electron chi connectivity index (χ0n) is 16.4. The number of benzene rings is 1. The van der Waals surface area contributed by atoms with Gasteiger partial charge in [0.15, 0.2) is 0 Å². The number of amides is 1. The molecular formula is C21H30FN3O3. The number of piperidine rings is 1. The molecule has 0 radical (unpaired) electrons. The van der Waals surface area contributed by atoms with E-state index in [1.54, 1.807) is 0 Å². The molecule has 3 aliphatic rings. The van der Waals surface area contributed by atoms with Gasteiger partial charge < -0.3 is 19.6 Å². The van der Waals surface area contributed by atoms with Gasteiger partial charge in [0.2, 0.25) is 0 Å². The van der Waals surface area contributed by atoms with Crippen molar-refractivity contribution in [3.05, 3.63) is 30.1 Å². The molecule has 1 aromatic carbocycles. The fourth-order valence-corrected chi connectivity index (χ4v) is 4.81. The highest BCUT2D eigenvalue weighted by Crippen LogP contribution is 2.42. The minimum atomic E-state index is -0.801. The summed E-state index contributed by atoms with van der Waals surface area (Å²) in [6.45, 7) is 7.06. The van der Waals surface area contributed by atoms with Crippen molar-refractivity contribution in [3.8, 4) is 0 Å². The second-order valence-electron chi connectivity index (χ2n) is 8.50. The molecule has 3 heterocycles. The van der Waals surface area contributed by atoms with Gasteiger partial charge in [0.25, 0.3) is 0 Å². The molecule has 28 heavy (non-hydrogen) atoms. The Morgan fingerprint density at radius 2 is 1.79 bits per heavy atom. The van der Waals surface area contributed by atoms with Gasteiger partial charge in [0.1, 0.15) is 5.82 Å². The van der Waals surface area contributed by atoms with Crippen molar-refractivity contribution < 1.29 is 19.0 Å². The fraction of sp³-hybridized carbons (Fsp3) is 0.667.